The summed E-state index contributed by atoms with van der Waals surface area (Å²) < 4.78 is 5.97. The van der Waals surface area contributed by atoms with Gasteiger partial charge in [-0.2, -0.15) is 5.26 Å². The number of nitrogens with zero attached hydrogens (tertiary/aromatic N) is 1. The number of hydrogen-bond acceptors (Lipinski definition) is 4. The summed E-state index contributed by atoms with van der Waals surface area (Å²) in [4.78, 5) is 0. The highest BCUT2D eigenvalue weighted by molar-refractivity contribution is 5.33. The van der Waals surface area contributed by atoms with Crippen LogP contribution >= 0.6 is 0 Å². The normalized spacial score (nSPS) is 15.3. The minimum atomic E-state index is -0.612. The molecule has 116 valence electrons. The van der Waals surface area contributed by atoms with Gasteiger partial charge in [-0.3, -0.25) is 5.32 Å². The van der Waals surface area contributed by atoms with Gasteiger partial charge in [-0.1, -0.05) is 18.2 Å². The van der Waals surface area contributed by atoms with Crippen molar-refractivity contribution in [3.63, 3.8) is 0 Å². The van der Waals surface area contributed by atoms with Gasteiger partial charge >= 0.3 is 0 Å². The van der Waals surface area contributed by atoms with Gasteiger partial charge < -0.3 is 9.84 Å². The lowest BCUT2D eigenvalue weighted by Crippen LogP contribution is -2.47. The molecule has 2 unspecified atom stereocenters. The molecule has 1 aromatic rings. The van der Waals surface area contributed by atoms with E-state index in [-0.39, 0.29) is 18.8 Å². The highest BCUT2D eigenvalue weighted by Crippen LogP contribution is 2.23. The molecule has 0 saturated heterocycles. The van der Waals surface area contributed by atoms with E-state index in [1.165, 1.54) is 0 Å². The van der Waals surface area contributed by atoms with Crippen molar-refractivity contribution in [1.82, 2.24) is 5.32 Å². The van der Waals surface area contributed by atoms with E-state index >= 15 is 0 Å². The number of aliphatic hydroxyl groups is 1. The molecule has 0 aliphatic carbocycles. The molecule has 0 aromatic heterocycles. The maximum atomic E-state index is 9.39. The van der Waals surface area contributed by atoms with Crippen molar-refractivity contribution in [2.45, 2.75) is 58.2 Å². The number of hydrogen-bond donors (Lipinski definition) is 2. The summed E-state index contributed by atoms with van der Waals surface area (Å²) in [7, 11) is 0. The number of para-hydroxylation sites is 1. The Morgan fingerprint density at radius 3 is 2.57 bits per heavy atom. The smallest absolute Gasteiger partial charge is 0.122 e. The molecule has 4 nitrogen and oxygen atoms in total. The molecule has 0 bridgehead atoms. The molecule has 2 N–H and O–H groups in total. The molecule has 0 aliphatic rings. The van der Waals surface area contributed by atoms with Crippen molar-refractivity contribution in [1.29, 1.82) is 5.26 Å². The molecule has 2 atom stereocenters. The highest BCUT2D eigenvalue weighted by Gasteiger charge is 2.28. The molecule has 0 aliphatic heterocycles. The van der Waals surface area contributed by atoms with Gasteiger partial charge in [0.1, 0.15) is 11.3 Å². The maximum Gasteiger partial charge on any atom is 0.122 e. The summed E-state index contributed by atoms with van der Waals surface area (Å²) >= 11 is 0. The van der Waals surface area contributed by atoms with Crippen LogP contribution in [0.25, 0.3) is 0 Å². The Hall–Kier alpha value is -1.57. The summed E-state index contributed by atoms with van der Waals surface area (Å²) in [6.45, 7) is 8.01. The first kappa shape index (κ1) is 17.5. The summed E-state index contributed by atoms with van der Waals surface area (Å²) in [5, 5.41) is 21.8. The molecule has 0 heterocycles. The van der Waals surface area contributed by atoms with E-state index in [0.29, 0.717) is 12.8 Å². The van der Waals surface area contributed by atoms with Crippen LogP contribution in [0, 0.1) is 11.3 Å². The van der Waals surface area contributed by atoms with Crippen LogP contribution in [0.5, 0.6) is 5.75 Å². The number of aliphatic hydroxyl groups excluding tert-OH is 1. The number of nitriles is 1. The molecule has 0 radical (unpaired) electrons. The third kappa shape index (κ3) is 5.74. The van der Waals surface area contributed by atoms with Crippen LogP contribution in [0.4, 0.5) is 0 Å². The zero-order valence-electron chi connectivity index (χ0n) is 13.4. The van der Waals surface area contributed by atoms with Gasteiger partial charge in [-0.05, 0) is 45.7 Å². The topological polar surface area (TPSA) is 65.3 Å². The van der Waals surface area contributed by atoms with Gasteiger partial charge in [0.15, 0.2) is 0 Å². The van der Waals surface area contributed by atoms with Gasteiger partial charge in [0, 0.05) is 19.1 Å². The van der Waals surface area contributed by atoms with Crippen molar-refractivity contribution in [2.24, 2.45) is 0 Å². The predicted molar refractivity (Wildman–Crippen MR) is 84.2 cm³/mol. The van der Waals surface area contributed by atoms with Crippen LogP contribution in [-0.2, 0) is 6.42 Å². The summed E-state index contributed by atoms with van der Waals surface area (Å²) in [6.07, 6.45) is 1.07. The van der Waals surface area contributed by atoms with E-state index in [0.717, 1.165) is 11.3 Å². The van der Waals surface area contributed by atoms with Crippen molar-refractivity contribution in [3.05, 3.63) is 29.8 Å². The van der Waals surface area contributed by atoms with E-state index < -0.39 is 5.54 Å². The van der Waals surface area contributed by atoms with Crippen LogP contribution < -0.4 is 10.1 Å². The van der Waals surface area contributed by atoms with E-state index in [2.05, 4.69) is 11.4 Å². The van der Waals surface area contributed by atoms with Crippen LogP contribution in [0.1, 0.15) is 39.7 Å². The fraction of sp³-hybridized carbons (Fsp3) is 0.588. The second-order valence-electron chi connectivity index (χ2n) is 5.96. The third-order valence-corrected chi connectivity index (χ3v) is 3.23. The van der Waals surface area contributed by atoms with Gasteiger partial charge in [-0.25, -0.2) is 0 Å². The number of ether oxygens (including phenoxy) is 1. The Labute approximate surface area is 127 Å². The lowest BCUT2D eigenvalue weighted by molar-refractivity contribution is 0.174. The molecule has 1 aromatic carbocycles. The SMILES string of the molecule is CC(C)NC(C)(C#N)CC(C)Oc1ccccc1CCO. The summed E-state index contributed by atoms with van der Waals surface area (Å²) in [5.74, 6) is 0.781. The monoisotopic (exact) mass is 290 g/mol. The van der Waals surface area contributed by atoms with Crippen LogP contribution in [0.3, 0.4) is 0 Å². The first-order valence-corrected chi connectivity index (χ1v) is 7.44. The predicted octanol–water partition coefficient (Wildman–Crippen LogP) is 2.66. The van der Waals surface area contributed by atoms with Gasteiger partial charge in [0.2, 0.25) is 0 Å². The largest absolute Gasteiger partial charge is 0.490 e. The number of rotatable bonds is 8. The van der Waals surface area contributed by atoms with Crippen molar-refractivity contribution in [2.75, 3.05) is 6.61 Å². The third-order valence-electron chi connectivity index (χ3n) is 3.23. The Balaban J connectivity index is 2.73. The zero-order valence-corrected chi connectivity index (χ0v) is 13.4. The van der Waals surface area contributed by atoms with Gasteiger partial charge in [0.05, 0.1) is 12.2 Å². The van der Waals surface area contributed by atoms with Crippen molar-refractivity contribution >= 4 is 0 Å². The van der Waals surface area contributed by atoms with E-state index in [4.69, 9.17) is 9.84 Å². The Bertz CT molecular complexity index is 482. The number of nitrogens with one attached hydrogen (secondary N) is 1. The molecule has 21 heavy (non-hydrogen) atoms. The Morgan fingerprint density at radius 2 is 2.00 bits per heavy atom. The second-order valence-corrected chi connectivity index (χ2v) is 5.96. The highest BCUT2D eigenvalue weighted by atomic mass is 16.5. The fourth-order valence-electron chi connectivity index (χ4n) is 2.55. The fourth-order valence-corrected chi connectivity index (χ4v) is 2.55. The Kier molecular flexibility index (Phi) is 6.67. The van der Waals surface area contributed by atoms with Crippen LogP contribution in [0.15, 0.2) is 24.3 Å². The molecular formula is C17H26N2O2. The van der Waals surface area contributed by atoms with Gasteiger partial charge in [-0.15, -0.1) is 0 Å². The summed E-state index contributed by atoms with van der Waals surface area (Å²) in [5.41, 5.74) is 0.377. The van der Waals surface area contributed by atoms with E-state index in [1.807, 2.05) is 52.0 Å². The zero-order chi connectivity index (χ0) is 15.9. The molecule has 1 rings (SSSR count). The van der Waals surface area contributed by atoms with Gasteiger partial charge in [0.25, 0.3) is 0 Å². The van der Waals surface area contributed by atoms with Crippen LogP contribution in [0.2, 0.25) is 0 Å². The average molecular weight is 290 g/mol. The molecule has 0 fully saturated rings. The molecule has 0 amide bonds. The van der Waals surface area contributed by atoms with E-state index in [9.17, 15) is 5.26 Å². The first-order chi connectivity index (χ1) is 9.90. The molecule has 0 saturated carbocycles. The summed E-state index contributed by atoms with van der Waals surface area (Å²) in [6, 6.07) is 10.3. The second kappa shape index (κ2) is 8.02. The average Bonchev–Trinajstić information content (AvgIpc) is 2.40. The number of benzene rings is 1. The minimum absolute atomic E-state index is 0.0965. The lowest BCUT2D eigenvalue weighted by Gasteiger charge is -2.29. The molecular weight excluding hydrogens is 264 g/mol. The molecule has 4 heteroatoms. The lowest BCUT2D eigenvalue weighted by atomic mass is 9.95. The van der Waals surface area contributed by atoms with Crippen molar-refractivity contribution < 1.29 is 9.84 Å². The van der Waals surface area contributed by atoms with E-state index in [1.54, 1.807) is 0 Å². The van der Waals surface area contributed by atoms with Crippen molar-refractivity contribution in [3.8, 4) is 11.8 Å². The standard InChI is InChI=1S/C17H26N2O2/c1-13(2)19-17(4,12-18)11-14(3)21-16-8-6-5-7-15(16)9-10-20/h5-8,13-14,19-20H,9-11H2,1-4H3. The minimum Gasteiger partial charge on any atom is -0.490 e. The Morgan fingerprint density at radius 1 is 1.33 bits per heavy atom. The maximum absolute atomic E-state index is 9.39. The van der Waals surface area contributed by atoms with Crippen LogP contribution in [-0.4, -0.2) is 29.4 Å². The molecule has 0 spiro atoms. The quantitative estimate of drug-likeness (QED) is 0.772. The first-order valence-electron chi connectivity index (χ1n) is 7.44.